The fourth-order valence-electron chi connectivity index (χ4n) is 8.92. The molecule has 10 rings (SSSR count). The number of benzene rings is 4. The average molecular weight is 933 g/mol. The molecule has 0 spiro atoms. The lowest BCUT2D eigenvalue weighted by molar-refractivity contribution is 0.0109. The van der Waals surface area contributed by atoms with Crippen molar-refractivity contribution in [1.82, 2.24) is 9.80 Å². The monoisotopic (exact) mass is 932 g/mol. The Morgan fingerprint density at radius 1 is 0.600 bits per heavy atom. The standard InChI is InChI=1S/C43H40N4O16S2/c1-56-24-6-8-30-26(16-24)42(48)46-18-28(22-4-10-32-34(14-22)62-20-60-32)38(36(46)40(44-30)64(50,51)52)58-12-3-13-59-39-29(23-5-11-33-35(15-23)63-21-61-33)19-47-37(39)41(65(53,54)55)45-31-9-7-25(57-2)17-27(31)43(47)49/h4-11,14-19,36-41,44-45H,3,12-13,20-21H2,1-2H3,(H,50,51,52)(H,53,54,55)/t36-,37-,38?,39?,40?,41?/m0/s1. The predicted octanol–water partition coefficient (Wildman–Crippen LogP) is 4.03. The van der Waals surface area contributed by atoms with E-state index in [0.29, 0.717) is 56.8 Å². The van der Waals surface area contributed by atoms with E-state index < -0.39 is 67.1 Å². The summed E-state index contributed by atoms with van der Waals surface area (Å²) in [6.45, 7) is -0.280. The molecule has 6 aliphatic heterocycles. The zero-order chi connectivity index (χ0) is 45.4. The van der Waals surface area contributed by atoms with Gasteiger partial charge in [0.15, 0.2) is 33.7 Å². The number of fused-ring (bicyclic) bond motifs is 6. The Kier molecular flexibility index (Phi) is 10.5. The van der Waals surface area contributed by atoms with Crippen LogP contribution in [0.1, 0.15) is 38.3 Å². The molecule has 4 aromatic rings. The van der Waals surface area contributed by atoms with Crippen LogP contribution in [0.2, 0.25) is 0 Å². The average Bonchev–Trinajstić information content (AvgIpc) is 4.08. The first-order chi connectivity index (χ1) is 31.2. The Labute approximate surface area is 371 Å². The van der Waals surface area contributed by atoms with Gasteiger partial charge in [0.05, 0.1) is 25.3 Å². The van der Waals surface area contributed by atoms with Gasteiger partial charge in [0, 0.05) is 48.1 Å². The Morgan fingerprint density at radius 2 is 1.02 bits per heavy atom. The Balaban J connectivity index is 0.961. The summed E-state index contributed by atoms with van der Waals surface area (Å²) in [5.41, 5.74) is 2.27. The zero-order valence-corrected chi connectivity index (χ0v) is 36.0. The van der Waals surface area contributed by atoms with E-state index in [9.17, 15) is 35.5 Å². The first-order valence-corrected chi connectivity index (χ1v) is 23.2. The Bertz CT molecular complexity index is 2730. The lowest BCUT2D eigenvalue weighted by atomic mass is 9.98. The molecule has 20 nitrogen and oxygen atoms in total. The van der Waals surface area contributed by atoms with Crippen LogP contribution in [0.5, 0.6) is 34.5 Å². The zero-order valence-electron chi connectivity index (χ0n) is 34.4. The molecule has 65 heavy (non-hydrogen) atoms. The van der Waals surface area contributed by atoms with Gasteiger partial charge >= 0.3 is 0 Å². The molecule has 6 heterocycles. The highest BCUT2D eigenvalue weighted by atomic mass is 32.2. The minimum absolute atomic E-state index is 0.0135. The number of amides is 2. The van der Waals surface area contributed by atoms with Crippen molar-refractivity contribution >= 4 is 54.6 Å². The van der Waals surface area contributed by atoms with Crippen LogP contribution in [-0.4, -0.2) is 124 Å². The van der Waals surface area contributed by atoms with Crippen molar-refractivity contribution in [3.05, 3.63) is 107 Å². The van der Waals surface area contributed by atoms with E-state index in [1.165, 1.54) is 60.7 Å². The van der Waals surface area contributed by atoms with Crippen LogP contribution in [-0.2, 0) is 29.7 Å². The summed E-state index contributed by atoms with van der Waals surface area (Å²) in [7, 11) is -7.01. The summed E-state index contributed by atoms with van der Waals surface area (Å²) in [4.78, 5) is 31.1. The van der Waals surface area contributed by atoms with E-state index in [2.05, 4.69) is 10.6 Å². The molecule has 6 aliphatic rings. The third-order valence-corrected chi connectivity index (χ3v) is 14.0. The van der Waals surface area contributed by atoms with Crippen molar-refractivity contribution in [2.75, 3.05) is 51.7 Å². The smallest absolute Gasteiger partial charge is 0.288 e. The molecular formula is C43H40N4O16S2. The van der Waals surface area contributed by atoms with E-state index in [0.717, 1.165) is 0 Å². The number of anilines is 2. The summed E-state index contributed by atoms with van der Waals surface area (Å²) in [6.07, 6.45) is 0.706. The van der Waals surface area contributed by atoms with Crippen LogP contribution in [0.25, 0.3) is 11.1 Å². The lowest BCUT2D eigenvalue weighted by Crippen LogP contribution is -2.53. The van der Waals surface area contributed by atoms with Crippen LogP contribution in [0, 0.1) is 0 Å². The van der Waals surface area contributed by atoms with Gasteiger partial charge in [-0.05, 0) is 78.2 Å². The molecule has 4 N–H and O–H groups in total. The molecule has 4 unspecified atom stereocenters. The maximum Gasteiger partial charge on any atom is 0.288 e. The summed E-state index contributed by atoms with van der Waals surface area (Å²) in [5, 5.41) is 2.17. The van der Waals surface area contributed by atoms with Crippen LogP contribution >= 0.6 is 0 Å². The van der Waals surface area contributed by atoms with Crippen molar-refractivity contribution in [2.45, 2.75) is 41.5 Å². The van der Waals surface area contributed by atoms with Gasteiger partial charge in [-0.1, -0.05) is 12.1 Å². The lowest BCUT2D eigenvalue weighted by Gasteiger charge is -2.33. The second-order valence-corrected chi connectivity index (χ2v) is 18.7. The van der Waals surface area contributed by atoms with Crippen molar-refractivity contribution in [2.24, 2.45) is 0 Å². The van der Waals surface area contributed by atoms with Gasteiger partial charge in [-0.25, -0.2) is 0 Å². The molecule has 0 bridgehead atoms. The molecule has 0 aliphatic carbocycles. The van der Waals surface area contributed by atoms with Crippen LogP contribution < -0.4 is 39.1 Å². The fraction of sp³-hybridized carbons (Fsp3) is 0.302. The molecule has 6 atom stereocenters. The Morgan fingerprint density at radius 3 is 1.42 bits per heavy atom. The first kappa shape index (κ1) is 42.4. The quantitative estimate of drug-likeness (QED) is 0.116. The number of ether oxygens (including phenoxy) is 8. The molecule has 0 saturated carbocycles. The highest BCUT2D eigenvalue weighted by Gasteiger charge is 2.53. The highest BCUT2D eigenvalue weighted by molar-refractivity contribution is 7.86. The maximum atomic E-state index is 14.3. The van der Waals surface area contributed by atoms with E-state index in [1.54, 1.807) is 48.5 Å². The number of carbonyl (C=O) groups excluding carboxylic acids is 2. The minimum Gasteiger partial charge on any atom is -0.497 e. The van der Waals surface area contributed by atoms with E-state index in [1.807, 2.05) is 0 Å². The summed E-state index contributed by atoms with van der Waals surface area (Å²) < 4.78 is 120. The van der Waals surface area contributed by atoms with Crippen molar-refractivity contribution in [1.29, 1.82) is 0 Å². The normalized spacial score (nSPS) is 23.8. The third kappa shape index (κ3) is 7.50. The molecule has 0 fully saturated rings. The molecule has 4 aromatic carbocycles. The van der Waals surface area contributed by atoms with E-state index in [4.69, 9.17) is 37.9 Å². The van der Waals surface area contributed by atoms with Gasteiger partial charge in [-0.3, -0.25) is 18.7 Å². The third-order valence-electron chi connectivity index (χ3n) is 12.0. The largest absolute Gasteiger partial charge is 0.497 e. The number of nitrogens with zero attached hydrogens (tertiary/aromatic N) is 2. The minimum atomic E-state index is -4.93. The maximum absolute atomic E-state index is 14.3. The molecule has 340 valence electrons. The van der Waals surface area contributed by atoms with Gasteiger partial charge < -0.3 is 58.3 Å². The van der Waals surface area contributed by atoms with Gasteiger partial charge in [0.1, 0.15) is 35.8 Å². The van der Waals surface area contributed by atoms with E-state index in [-0.39, 0.29) is 55.7 Å². The predicted molar refractivity (Wildman–Crippen MR) is 229 cm³/mol. The summed E-state index contributed by atoms with van der Waals surface area (Å²) >= 11 is 0. The molecular weight excluding hydrogens is 893 g/mol. The van der Waals surface area contributed by atoms with Crippen molar-refractivity contribution < 1.29 is 73.4 Å². The number of nitrogens with one attached hydrogen (secondary N) is 2. The van der Waals surface area contributed by atoms with Crippen LogP contribution in [0.4, 0.5) is 11.4 Å². The number of hydrogen-bond donors (Lipinski definition) is 4. The molecule has 0 radical (unpaired) electrons. The second kappa shape index (κ2) is 16.2. The van der Waals surface area contributed by atoms with Gasteiger partial charge in [0.2, 0.25) is 13.6 Å². The number of hydrogen-bond acceptors (Lipinski definition) is 16. The summed E-state index contributed by atoms with van der Waals surface area (Å²) in [6, 6.07) is 16.4. The number of carbonyl (C=O) groups is 2. The SMILES string of the molecule is COc1ccc2c(c1)C(=O)N1C=C(c3ccc4c(c3)OCO4)C(OCCCOC3C(c4ccc5c(c4)OCO5)=CN4C(=O)c5cc(OC)ccc5NC(S(=O)(=O)O)[C@H]34)[C@H]1C(S(=O)(=O)O)N2. The molecule has 22 heteroatoms. The van der Waals surface area contributed by atoms with Gasteiger partial charge in [-0.2, -0.15) is 16.8 Å². The van der Waals surface area contributed by atoms with Crippen LogP contribution in [0.3, 0.4) is 0 Å². The first-order valence-electron chi connectivity index (χ1n) is 20.2. The van der Waals surface area contributed by atoms with Gasteiger partial charge in [-0.15, -0.1) is 0 Å². The van der Waals surface area contributed by atoms with E-state index >= 15 is 0 Å². The second-order valence-electron chi connectivity index (χ2n) is 15.6. The Hall–Kier alpha value is -6.56. The number of methoxy groups -OCH3 is 2. The van der Waals surface area contributed by atoms with Crippen molar-refractivity contribution in [3.8, 4) is 34.5 Å². The molecule has 2 amide bonds. The van der Waals surface area contributed by atoms with Crippen LogP contribution in [0.15, 0.2) is 85.2 Å². The fourth-order valence-corrected chi connectivity index (χ4v) is 10.7. The van der Waals surface area contributed by atoms with Gasteiger partial charge in [0.25, 0.3) is 32.1 Å². The topological polar surface area (TPSA) is 247 Å². The number of rotatable bonds is 12. The highest BCUT2D eigenvalue weighted by Crippen LogP contribution is 2.45. The summed E-state index contributed by atoms with van der Waals surface area (Å²) in [5.74, 6) is 1.29. The van der Waals surface area contributed by atoms with Crippen molar-refractivity contribution in [3.63, 3.8) is 0 Å². The molecule has 0 saturated heterocycles. The molecule has 0 aromatic heterocycles.